The normalized spacial score (nSPS) is 10.7. The Kier molecular flexibility index (Phi) is 3.63. The van der Waals surface area contributed by atoms with Crippen molar-refractivity contribution in [3.05, 3.63) is 82.8 Å². The van der Waals surface area contributed by atoms with E-state index in [0.717, 1.165) is 10.9 Å². The predicted octanol–water partition coefficient (Wildman–Crippen LogP) is 3.44. The number of fused-ring (bicyclic) bond motifs is 1. The van der Waals surface area contributed by atoms with Crippen molar-refractivity contribution in [2.75, 3.05) is 5.32 Å². The highest BCUT2D eigenvalue weighted by atomic mass is 16.5. The van der Waals surface area contributed by atoms with E-state index < -0.39 is 0 Å². The quantitative estimate of drug-likeness (QED) is 0.602. The third-order valence-electron chi connectivity index (χ3n) is 3.85. The van der Waals surface area contributed by atoms with Gasteiger partial charge in [0, 0.05) is 29.6 Å². The van der Waals surface area contributed by atoms with Gasteiger partial charge in [-0.25, -0.2) is 0 Å². The first-order valence-corrected chi connectivity index (χ1v) is 7.66. The first-order valence-electron chi connectivity index (χ1n) is 7.66. The first-order chi connectivity index (χ1) is 12.2. The minimum absolute atomic E-state index is 0.196. The average molecular weight is 331 g/mol. The molecule has 0 bridgehead atoms. The van der Waals surface area contributed by atoms with Crippen LogP contribution in [0.5, 0.6) is 0 Å². The van der Waals surface area contributed by atoms with Gasteiger partial charge in [-0.05, 0) is 18.2 Å². The van der Waals surface area contributed by atoms with Crippen LogP contribution in [0.3, 0.4) is 0 Å². The molecule has 0 atom stereocenters. The van der Waals surface area contributed by atoms with E-state index in [-0.39, 0.29) is 17.0 Å². The maximum absolute atomic E-state index is 12.5. The van der Waals surface area contributed by atoms with E-state index in [0.29, 0.717) is 16.8 Å². The second-order valence-corrected chi connectivity index (χ2v) is 5.49. The maximum Gasteiger partial charge on any atom is 0.255 e. The lowest BCUT2D eigenvalue weighted by atomic mass is 10.1. The number of nitrogens with one attached hydrogen (secondary N) is 2. The summed E-state index contributed by atoms with van der Waals surface area (Å²) in [6, 6.07) is 16.0. The minimum atomic E-state index is -0.376. The molecule has 2 N–H and O–H groups in total. The van der Waals surface area contributed by atoms with Crippen LogP contribution in [0.4, 0.5) is 5.69 Å². The van der Waals surface area contributed by atoms with E-state index in [4.69, 9.17) is 4.52 Å². The largest absolute Gasteiger partial charge is 0.366 e. The van der Waals surface area contributed by atoms with Gasteiger partial charge in [0.1, 0.15) is 11.2 Å². The number of nitrogens with zero attached hydrogens (tertiary/aromatic N) is 1. The van der Waals surface area contributed by atoms with Crippen molar-refractivity contribution < 1.29 is 9.32 Å². The van der Waals surface area contributed by atoms with Crippen LogP contribution in [0.1, 0.15) is 10.4 Å². The monoisotopic (exact) mass is 331 g/mol. The molecule has 0 aliphatic rings. The number of amides is 1. The van der Waals surface area contributed by atoms with E-state index in [2.05, 4.69) is 15.5 Å². The Morgan fingerprint density at radius 1 is 1.08 bits per heavy atom. The Morgan fingerprint density at radius 2 is 1.92 bits per heavy atom. The Labute approximate surface area is 142 Å². The fourth-order valence-corrected chi connectivity index (χ4v) is 2.59. The number of H-pyrrole nitrogens is 1. The van der Waals surface area contributed by atoms with Crippen LogP contribution in [-0.2, 0) is 0 Å². The summed E-state index contributed by atoms with van der Waals surface area (Å²) < 4.78 is 5.44. The van der Waals surface area contributed by atoms with Crippen LogP contribution in [0.25, 0.3) is 22.2 Å². The van der Waals surface area contributed by atoms with Crippen molar-refractivity contribution in [3.8, 4) is 11.3 Å². The number of hydrogen-bond donors (Lipinski definition) is 2. The van der Waals surface area contributed by atoms with Crippen molar-refractivity contribution in [3.63, 3.8) is 0 Å². The van der Waals surface area contributed by atoms with E-state index in [1.165, 1.54) is 18.5 Å². The van der Waals surface area contributed by atoms with Gasteiger partial charge in [-0.3, -0.25) is 9.59 Å². The maximum atomic E-state index is 12.5. The van der Waals surface area contributed by atoms with Crippen LogP contribution in [0.2, 0.25) is 0 Å². The van der Waals surface area contributed by atoms with E-state index in [9.17, 15) is 9.59 Å². The Bertz CT molecular complexity index is 1110. The zero-order valence-electron chi connectivity index (χ0n) is 13.0. The van der Waals surface area contributed by atoms with E-state index >= 15 is 0 Å². The summed E-state index contributed by atoms with van der Waals surface area (Å²) in [6.07, 6.45) is 2.96. The van der Waals surface area contributed by atoms with Gasteiger partial charge in [0.2, 0.25) is 5.43 Å². The molecule has 0 fully saturated rings. The SMILES string of the molecule is O=C(Nc1c[nH]ccc1=O)c1ccc2noc(-c3ccccc3)c2c1. The van der Waals surface area contributed by atoms with Crippen LogP contribution >= 0.6 is 0 Å². The summed E-state index contributed by atoms with van der Waals surface area (Å²) in [4.78, 5) is 27.0. The Morgan fingerprint density at radius 3 is 2.72 bits per heavy atom. The van der Waals surface area contributed by atoms with Crippen molar-refractivity contribution in [1.82, 2.24) is 10.1 Å². The number of carbonyl (C=O) groups is 1. The van der Waals surface area contributed by atoms with E-state index in [1.54, 1.807) is 18.2 Å². The van der Waals surface area contributed by atoms with E-state index in [1.807, 2.05) is 30.3 Å². The van der Waals surface area contributed by atoms with Gasteiger partial charge in [0.05, 0.1) is 5.39 Å². The summed E-state index contributed by atoms with van der Waals surface area (Å²) in [7, 11) is 0. The van der Waals surface area contributed by atoms with Gasteiger partial charge in [-0.2, -0.15) is 0 Å². The summed E-state index contributed by atoms with van der Waals surface area (Å²) in [6.45, 7) is 0. The number of rotatable bonds is 3. The first kappa shape index (κ1) is 14.9. The molecule has 6 heteroatoms. The van der Waals surface area contributed by atoms with Crippen molar-refractivity contribution >= 4 is 22.5 Å². The van der Waals surface area contributed by atoms with Gasteiger partial charge in [-0.1, -0.05) is 35.5 Å². The lowest BCUT2D eigenvalue weighted by Crippen LogP contribution is -2.17. The third kappa shape index (κ3) is 2.81. The van der Waals surface area contributed by atoms with Gasteiger partial charge >= 0.3 is 0 Å². The third-order valence-corrected chi connectivity index (χ3v) is 3.85. The summed E-state index contributed by atoms with van der Waals surface area (Å²) >= 11 is 0. The van der Waals surface area contributed by atoms with Crippen molar-refractivity contribution in [2.24, 2.45) is 0 Å². The molecule has 0 spiro atoms. The molecule has 1 amide bonds. The second-order valence-electron chi connectivity index (χ2n) is 5.49. The molecule has 2 aromatic carbocycles. The number of carbonyl (C=O) groups excluding carboxylic acids is 1. The van der Waals surface area contributed by atoms with Gasteiger partial charge < -0.3 is 14.8 Å². The summed E-state index contributed by atoms with van der Waals surface area (Å²) in [5, 5.41) is 7.38. The summed E-state index contributed by atoms with van der Waals surface area (Å²) in [5.41, 5.74) is 1.88. The molecule has 0 aliphatic heterocycles. The van der Waals surface area contributed by atoms with Gasteiger partial charge in [0.25, 0.3) is 5.91 Å². The molecule has 122 valence electrons. The lowest BCUT2D eigenvalue weighted by Gasteiger charge is -2.04. The Balaban J connectivity index is 1.72. The smallest absolute Gasteiger partial charge is 0.255 e. The second kappa shape index (κ2) is 6.09. The van der Waals surface area contributed by atoms with Crippen LogP contribution in [0, 0.1) is 0 Å². The molecule has 0 saturated heterocycles. The lowest BCUT2D eigenvalue weighted by molar-refractivity contribution is 0.102. The topological polar surface area (TPSA) is 88.0 Å². The minimum Gasteiger partial charge on any atom is -0.366 e. The number of benzene rings is 2. The van der Waals surface area contributed by atoms with Crippen LogP contribution < -0.4 is 10.7 Å². The van der Waals surface area contributed by atoms with Crippen LogP contribution in [0.15, 0.2) is 76.3 Å². The standard InChI is InChI=1S/C19H13N3O3/c23-17-8-9-20-11-16(17)21-19(24)13-6-7-15-14(10-13)18(25-22-15)12-4-2-1-3-5-12/h1-11H,(H,20,23)(H,21,24). The number of hydrogen-bond acceptors (Lipinski definition) is 4. The molecule has 25 heavy (non-hydrogen) atoms. The van der Waals surface area contributed by atoms with Gasteiger partial charge in [-0.15, -0.1) is 0 Å². The zero-order chi connectivity index (χ0) is 17.2. The summed E-state index contributed by atoms with van der Waals surface area (Å²) in [5.74, 6) is 0.224. The van der Waals surface area contributed by atoms with Crippen LogP contribution in [-0.4, -0.2) is 16.0 Å². The highest BCUT2D eigenvalue weighted by Crippen LogP contribution is 2.29. The number of aromatic nitrogens is 2. The molecule has 2 aromatic heterocycles. The molecule has 0 radical (unpaired) electrons. The molecular formula is C19H13N3O3. The molecule has 4 aromatic rings. The molecule has 0 saturated carbocycles. The molecule has 0 unspecified atom stereocenters. The fraction of sp³-hybridized carbons (Fsp3) is 0. The number of pyridine rings is 1. The van der Waals surface area contributed by atoms with Gasteiger partial charge in [0.15, 0.2) is 5.76 Å². The molecular weight excluding hydrogens is 318 g/mol. The molecule has 2 heterocycles. The highest BCUT2D eigenvalue weighted by Gasteiger charge is 2.14. The predicted molar refractivity (Wildman–Crippen MR) is 94.5 cm³/mol. The molecule has 6 nitrogen and oxygen atoms in total. The number of anilines is 1. The average Bonchev–Trinajstić information content (AvgIpc) is 3.07. The van der Waals surface area contributed by atoms with Crippen molar-refractivity contribution in [1.29, 1.82) is 0 Å². The Hall–Kier alpha value is -3.67. The zero-order valence-corrected chi connectivity index (χ0v) is 13.0. The number of aromatic amines is 1. The van der Waals surface area contributed by atoms with Crippen molar-refractivity contribution in [2.45, 2.75) is 0 Å². The molecule has 0 aliphatic carbocycles. The molecule has 4 rings (SSSR count). The highest BCUT2D eigenvalue weighted by molar-refractivity contribution is 6.07. The fourth-order valence-electron chi connectivity index (χ4n) is 2.59.